The molecule has 2 fully saturated rings. The van der Waals surface area contributed by atoms with Crippen LogP contribution >= 0.6 is 7.82 Å². The van der Waals surface area contributed by atoms with Crippen LogP contribution in [0.25, 0.3) is 11.2 Å². The fourth-order valence-corrected chi connectivity index (χ4v) is 5.17. The first-order chi connectivity index (χ1) is 16.1. The van der Waals surface area contributed by atoms with Gasteiger partial charge in [0.1, 0.15) is 24.1 Å². The number of nitrogens with zero attached hydrogens (tertiary/aromatic N) is 4. The Kier molecular flexibility index (Phi) is 7.22. The molecule has 0 amide bonds. The molecule has 2 aromatic rings. The number of carbonyl (C=O) groups excluding carboxylic acids is 1. The Morgan fingerprint density at radius 3 is 2.82 bits per heavy atom. The minimum Gasteiger partial charge on any atom is -0.479 e. The molecule has 0 aliphatic carbocycles. The molecule has 2 aliphatic heterocycles. The molecule has 4 heterocycles. The van der Waals surface area contributed by atoms with Gasteiger partial charge in [0, 0.05) is 0 Å². The summed E-state index contributed by atoms with van der Waals surface area (Å²) in [4.78, 5) is 24.8. The molecule has 0 radical (unpaired) electrons. The van der Waals surface area contributed by atoms with Crippen LogP contribution in [0.4, 0.5) is 0 Å². The minimum absolute atomic E-state index is 0.0500. The summed E-state index contributed by atoms with van der Waals surface area (Å²) in [6.45, 7) is 6.77. The van der Waals surface area contributed by atoms with Gasteiger partial charge in [0.2, 0.25) is 5.88 Å². The van der Waals surface area contributed by atoms with E-state index in [2.05, 4.69) is 15.0 Å². The van der Waals surface area contributed by atoms with Gasteiger partial charge in [0.15, 0.2) is 17.4 Å². The van der Waals surface area contributed by atoms with Crippen LogP contribution in [0.1, 0.15) is 39.2 Å². The lowest BCUT2D eigenvalue weighted by atomic mass is 10.1. The molecular formula is C20H29N4O9P. The van der Waals surface area contributed by atoms with Crippen molar-refractivity contribution >= 4 is 25.0 Å². The standard InChI is InChI=1S/C20H29N4O9P/c1-10(2)31-20(26)11(3)6-7-29-34(27)30-8-13-16(33-34)15(25)19(32-13)24-9-21-14-17(24)22-12(4)23-18(14)28-5/h9-11,13,15-16,19,25H,6-8H2,1-5H3/t11-,13-,15+,16-,19-,34?/m1/s1. The SMILES string of the molecule is COc1nc(C)nc2c1ncn2[C@@H]1O[C@@H]2COP(=O)(OCC[C@@H](C)C(=O)OC(C)C)O[C@H]2[C@@H]1O. The summed E-state index contributed by atoms with van der Waals surface area (Å²) in [5.41, 5.74) is 0.824. The van der Waals surface area contributed by atoms with E-state index in [1.807, 2.05) is 0 Å². The van der Waals surface area contributed by atoms with Gasteiger partial charge in [-0.1, -0.05) is 6.92 Å². The van der Waals surface area contributed by atoms with E-state index in [9.17, 15) is 14.5 Å². The fourth-order valence-electron chi connectivity index (χ4n) is 3.76. The van der Waals surface area contributed by atoms with Gasteiger partial charge in [-0.15, -0.1) is 0 Å². The maximum atomic E-state index is 13.0. The zero-order valence-electron chi connectivity index (χ0n) is 19.6. The van der Waals surface area contributed by atoms with Crippen LogP contribution in [0.5, 0.6) is 5.88 Å². The Morgan fingerprint density at radius 2 is 2.12 bits per heavy atom. The zero-order chi connectivity index (χ0) is 24.6. The first-order valence-electron chi connectivity index (χ1n) is 11.0. The molecule has 0 spiro atoms. The van der Waals surface area contributed by atoms with Crippen LogP contribution in [-0.2, 0) is 32.4 Å². The van der Waals surface area contributed by atoms with Gasteiger partial charge in [-0.3, -0.25) is 22.9 Å². The van der Waals surface area contributed by atoms with E-state index in [-0.39, 0.29) is 31.7 Å². The summed E-state index contributed by atoms with van der Waals surface area (Å²) in [5, 5.41) is 10.9. The minimum atomic E-state index is -3.97. The lowest BCUT2D eigenvalue weighted by molar-refractivity contribution is -0.152. The van der Waals surface area contributed by atoms with Crippen LogP contribution in [0.2, 0.25) is 0 Å². The predicted octanol–water partition coefficient (Wildman–Crippen LogP) is 1.92. The molecule has 13 nitrogen and oxygen atoms in total. The van der Waals surface area contributed by atoms with Crippen molar-refractivity contribution in [3.8, 4) is 5.88 Å². The van der Waals surface area contributed by atoms with E-state index >= 15 is 0 Å². The molecular weight excluding hydrogens is 471 g/mol. The van der Waals surface area contributed by atoms with Gasteiger partial charge >= 0.3 is 13.8 Å². The van der Waals surface area contributed by atoms with Crippen molar-refractivity contribution in [2.45, 2.75) is 64.8 Å². The van der Waals surface area contributed by atoms with Crippen molar-refractivity contribution in [3.63, 3.8) is 0 Å². The molecule has 0 bridgehead atoms. The van der Waals surface area contributed by atoms with Crippen molar-refractivity contribution < 1.29 is 42.2 Å². The molecule has 0 aromatic carbocycles. The maximum Gasteiger partial charge on any atom is 0.475 e. The number of imidazole rings is 1. The van der Waals surface area contributed by atoms with E-state index in [0.29, 0.717) is 22.9 Å². The maximum absolute atomic E-state index is 13.0. The summed E-state index contributed by atoms with van der Waals surface area (Å²) in [6.07, 6.45) is -2.27. The molecule has 188 valence electrons. The van der Waals surface area contributed by atoms with Gasteiger partial charge in [-0.2, -0.15) is 4.98 Å². The van der Waals surface area contributed by atoms with E-state index < -0.39 is 38.3 Å². The molecule has 6 atom stereocenters. The van der Waals surface area contributed by atoms with Crippen molar-refractivity contribution in [1.82, 2.24) is 19.5 Å². The predicted molar refractivity (Wildman–Crippen MR) is 116 cm³/mol. The van der Waals surface area contributed by atoms with Crippen molar-refractivity contribution in [1.29, 1.82) is 0 Å². The van der Waals surface area contributed by atoms with Crippen molar-refractivity contribution in [2.24, 2.45) is 5.92 Å². The Labute approximate surface area is 196 Å². The monoisotopic (exact) mass is 500 g/mol. The molecule has 2 aromatic heterocycles. The Balaban J connectivity index is 1.42. The average molecular weight is 500 g/mol. The number of aryl methyl sites for hydroxylation is 1. The first-order valence-corrected chi connectivity index (χ1v) is 12.4. The summed E-state index contributed by atoms with van der Waals surface area (Å²) in [6, 6.07) is 0. The van der Waals surface area contributed by atoms with Gasteiger partial charge < -0.3 is 19.3 Å². The zero-order valence-corrected chi connectivity index (χ0v) is 20.5. The molecule has 34 heavy (non-hydrogen) atoms. The lowest BCUT2D eigenvalue weighted by Gasteiger charge is -2.30. The van der Waals surface area contributed by atoms with E-state index in [4.69, 9.17) is 27.8 Å². The van der Waals surface area contributed by atoms with Gasteiger partial charge in [-0.05, 0) is 27.2 Å². The highest BCUT2D eigenvalue weighted by atomic mass is 31.2. The number of esters is 1. The second-order valence-corrected chi connectivity index (χ2v) is 10.1. The van der Waals surface area contributed by atoms with E-state index in [0.717, 1.165) is 0 Å². The number of hydrogen-bond donors (Lipinski definition) is 1. The van der Waals surface area contributed by atoms with Crippen LogP contribution in [0.15, 0.2) is 6.33 Å². The molecule has 14 heteroatoms. The molecule has 2 aliphatic rings. The average Bonchev–Trinajstić information content (AvgIpc) is 3.33. The highest BCUT2D eigenvalue weighted by Gasteiger charge is 2.53. The Morgan fingerprint density at radius 1 is 1.35 bits per heavy atom. The number of carbonyl (C=O) groups is 1. The first kappa shape index (κ1) is 25.0. The third-order valence-corrected chi connectivity index (χ3v) is 6.95. The van der Waals surface area contributed by atoms with E-state index in [1.165, 1.54) is 13.4 Å². The summed E-state index contributed by atoms with van der Waals surface area (Å²) in [5.74, 6) is -0.0588. The quantitative estimate of drug-likeness (QED) is 0.416. The van der Waals surface area contributed by atoms with Gasteiger partial charge in [-0.25, -0.2) is 14.5 Å². The van der Waals surface area contributed by atoms with Gasteiger partial charge in [0.05, 0.1) is 38.7 Å². The number of methoxy groups -OCH3 is 1. The number of ether oxygens (including phenoxy) is 3. The molecule has 4 rings (SSSR count). The number of rotatable bonds is 8. The number of aliphatic hydroxyl groups is 1. The number of phosphoric ester groups is 1. The van der Waals surface area contributed by atoms with Crippen molar-refractivity contribution in [3.05, 3.63) is 12.2 Å². The number of aliphatic hydroxyl groups excluding tert-OH is 1. The molecule has 0 saturated carbocycles. The fraction of sp³-hybridized carbons (Fsp3) is 0.700. The number of hydrogen-bond acceptors (Lipinski definition) is 12. The molecule has 1 unspecified atom stereocenters. The second-order valence-electron chi connectivity index (χ2n) is 8.48. The van der Waals surface area contributed by atoms with Crippen LogP contribution in [0, 0.1) is 12.8 Å². The highest BCUT2D eigenvalue weighted by Crippen LogP contribution is 2.56. The third-order valence-electron chi connectivity index (χ3n) is 5.48. The van der Waals surface area contributed by atoms with E-state index in [1.54, 1.807) is 32.3 Å². The number of aromatic nitrogens is 4. The molecule has 1 N–H and O–H groups in total. The van der Waals surface area contributed by atoms with Crippen LogP contribution < -0.4 is 4.74 Å². The normalized spacial score (nSPS) is 29.9. The van der Waals surface area contributed by atoms with Crippen LogP contribution in [0.3, 0.4) is 0 Å². The third kappa shape index (κ3) is 4.95. The smallest absolute Gasteiger partial charge is 0.475 e. The Hall–Kier alpha value is -2.15. The lowest BCUT2D eigenvalue weighted by Crippen LogP contribution is -2.39. The number of phosphoric acid groups is 1. The summed E-state index contributed by atoms with van der Waals surface area (Å²) >= 11 is 0. The summed E-state index contributed by atoms with van der Waals surface area (Å²) in [7, 11) is -2.49. The highest BCUT2D eigenvalue weighted by molar-refractivity contribution is 7.48. The van der Waals surface area contributed by atoms with Crippen LogP contribution in [-0.4, -0.2) is 75.3 Å². The van der Waals surface area contributed by atoms with Gasteiger partial charge in [0.25, 0.3) is 0 Å². The topological polar surface area (TPSA) is 153 Å². The van der Waals surface area contributed by atoms with Crippen molar-refractivity contribution in [2.75, 3.05) is 20.3 Å². The largest absolute Gasteiger partial charge is 0.479 e. The molecule has 2 saturated heterocycles. The second kappa shape index (κ2) is 9.84. The number of fused-ring (bicyclic) bond motifs is 2. The Bertz CT molecular complexity index is 1090. The summed E-state index contributed by atoms with van der Waals surface area (Å²) < 4.78 is 47.1.